The molecule has 3 rings (SSSR count). The number of rotatable bonds is 4. The fourth-order valence-electron chi connectivity index (χ4n) is 2.33. The molecular formula is C18H16ClNO. The average molecular weight is 298 g/mol. The van der Waals surface area contributed by atoms with E-state index in [1.165, 1.54) is 5.56 Å². The van der Waals surface area contributed by atoms with Gasteiger partial charge in [0.05, 0.1) is 0 Å². The second-order valence-electron chi connectivity index (χ2n) is 4.87. The molecule has 106 valence electrons. The van der Waals surface area contributed by atoms with Gasteiger partial charge in [0.2, 0.25) is 0 Å². The van der Waals surface area contributed by atoms with Crippen LogP contribution in [0.5, 0.6) is 11.5 Å². The normalized spacial score (nSPS) is 10.8. The Hall–Kier alpha value is -2.03. The SMILES string of the molecule is CNCc1ccc(Oc2ccc(Cl)c3ccccc23)cc1. The minimum atomic E-state index is 0.738. The van der Waals surface area contributed by atoms with Crippen LogP contribution in [0.4, 0.5) is 0 Å². The van der Waals surface area contributed by atoms with Crippen LogP contribution in [0.3, 0.4) is 0 Å². The molecule has 21 heavy (non-hydrogen) atoms. The maximum absolute atomic E-state index is 6.23. The first-order valence-corrected chi connectivity index (χ1v) is 7.24. The monoisotopic (exact) mass is 297 g/mol. The first-order valence-electron chi connectivity index (χ1n) is 6.86. The Morgan fingerprint density at radius 3 is 2.33 bits per heavy atom. The summed E-state index contributed by atoms with van der Waals surface area (Å²) in [5.74, 6) is 1.64. The molecule has 0 saturated heterocycles. The molecule has 1 N–H and O–H groups in total. The smallest absolute Gasteiger partial charge is 0.135 e. The van der Waals surface area contributed by atoms with E-state index in [2.05, 4.69) is 17.4 Å². The number of fused-ring (bicyclic) bond motifs is 1. The van der Waals surface area contributed by atoms with Crippen molar-refractivity contribution in [2.24, 2.45) is 0 Å². The van der Waals surface area contributed by atoms with Crippen molar-refractivity contribution in [3.63, 3.8) is 0 Å². The highest BCUT2D eigenvalue weighted by Gasteiger charge is 2.06. The van der Waals surface area contributed by atoms with Crippen molar-refractivity contribution in [3.8, 4) is 11.5 Å². The van der Waals surface area contributed by atoms with E-state index < -0.39 is 0 Å². The Kier molecular flexibility index (Phi) is 4.09. The van der Waals surface area contributed by atoms with Gasteiger partial charge in [0.15, 0.2) is 0 Å². The lowest BCUT2D eigenvalue weighted by molar-refractivity contribution is 0.488. The van der Waals surface area contributed by atoms with Gasteiger partial charge in [-0.2, -0.15) is 0 Å². The van der Waals surface area contributed by atoms with Crippen LogP contribution in [0, 0.1) is 0 Å². The van der Waals surface area contributed by atoms with E-state index in [1.807, 2.05) is 55.6 Å². The van der Waals surface area contributed by atoms with Crippen LogP contribution in [-0.4, -0.2) is 7.05 Å². The van der Waals surface area contributed by atoms with Gasteiger partial charge in [-0.15, -0.1) is 0 Å². The third kappa shape index (κ3) is 3.02. The predicted molar refractivity (Wildman–Crippen MR) is 88.2 cm³/mol. The van der Waals surface area contributed by atoms with Gasteiger partial charge in [0, 0.05) is 22.3 Å². The first kappa shape index (κ1) is 13.9. The third-order valence-corrected chi connectivity index (χ3v) is 3.69. The maximum Gasteiger partial charge on any atom is 0.135 e. The van der Waals surface area contributed by atoms with E-state index >= 15 is 0 Å². The molecule has 0 aliphatic carbocycles. The number of benzene rings is 3. The molecule has 2 nitrogen and oxygen atoms in total. The average Bonchev–Trinajstić information content (AvgIpc) is 2.52. The molecular weight excluding hydrogens is 282 g/mol. The summed E-state index contributed by atoms with van der Waals surface area (Å²) in [7, 11) is 1.93. The van der Waals surface area contributed by atoms with Gasteiger partial charge in [-0.05, 0) is 36.9 Å². The molecule has 0 spiro atoms. The van der Waals surface area contributed by atoms with Gasteiger partial charge < -0.3 is 10.1 Å². The Labute approximate surface area is 129 Å². The lowest BCUT2D eigenvalue weighted by Gasteiger charge is -2.10. The highest BCUT2D eigenvalue weighted by molar-refractivity contribution is 6.35. The maximum atomic E-state index is 6.23. The second kappa shape index (κ2) is 6.17. The van der Waals surface area contributed by atoms with Crippen LogP contribution in [0.15, 0.2) is 60.7 Å². The zero-order valence-electron chi connectivity index (χ0n) is 11.8. The summed E-state index contributed by atoms with van der Waals surface area (Å²) in [5.41, 5.74) is 1.23. The zero-order chi connectivity index (χ0) is 14.7. The zero-order valence-corrected chi connectivity index (χ0v) is 12.5. The highest BCUT2D eigenvalue weighted by Crippen LogP contribution is 2.34. The topological polar surface area (TPSA) is 21.3 Å². The Balaban J connectivity index is 1.93. The molecule has 0 saturated carbocycles. The molecule has 0 aliphatic heterocycles. The van der Waals surface area contributed by atoms with Gasteiger partial charge in [-0.3, -0.25) is 0 Å². The van der Waals surface area contributed by atoms with Crippen LogP contribution in [-0.2, 0) is 6.54 Å². The summed E-state index contributed by atoms with van der Waals surface area (Å²) in [5, 5.41) is 5.89. The quantitative estimate of drug-likeness (QED) is 0.731. The highest BCUT2D eigenvalue weighted by atomic mass is 35.5. The number of nitrogens with one attached hydrogen (secondary N) is 1. The molecule has 0 unspecified atom stereocenters. The summed E-state index contributed by atoms with van der Waals surface area (Å²) in [6, 6.07) is 19.8. The van der Waals surface area contributed by atoms with E-state index in [1.54, 1.807) is 0 Å². The molecule has 0 heterocycles. The Bertz CT molecular complexity index is 753. The molecule has 0 aromatic heterocycles. The van der Waals surface area contributed by atoms with Gasteiger partial charge >= 0.3 is 0 Å². The number of hydrogen-bond acceptors (Lipinski definition) is 2. The van der Waals surface area contributed by atoms with Crippen LogP contribution < -0.4 is 10.1 Å². The first-order chi connectivity index (χ1) is 10.3. The number of ether oxygens (including phenoxy) is 1. The number of hydrogen-bond donors (Lipinski definition) is 1. The van der Waals surface area contributed by atoms with E-state index in [4.69, 9.17) is 16.3 Å². The van der Waals surface area contributed by atoms with E-state index in [-0.39, 0.29) is 0 Å². The molecule has 3 heteroatoms. The van der Waals surface area contributed by atoms with Crippen LogP contribution in [0.1, 0.15) is 5.56 Å². The molecule has 0 fully saturated rings. The lowest BCUT2D eigenvalue weighted by Crippen LogP contribution is -2.04. The van der Waals surface area contributed by atoms with E-state index in [9.17, 15) is 0 Å². The van der Waals surface area contributed by atoms with Gasteiger partial charge in [-0.25, -0.2) is 0 Å². The summed E-state index contributed by atoms with van der Waals surface area (Å²) in [6.07, 6.45) is 0. The molecule has 3 aromatic carbocycles. The van der Waals surface area contributed by atoms with Crippen LogP contribution in [0.2, 0.25) is 5.02 Å². The van der Waals surface area contributed by atoms with Gasteiger partial charge in [0.1, 0.15) is 11.5 Å². The third-order valence-electron chi connectivity index (χ3n) is 3.36. The second-order valence-corrected chi connectivity index (χ2v) is 5.27. The summed E-state index contributed by atoms with van der Waals surface area (Å²) >= 11 is 6.23. The minimum absolute atomic E-state index is 0.738. The number of halogens is 1. The van der Waals surface area contributed by atoms with Crippen molar-refractivity contribution in [1.29, 1.82) is 0 Å². The molecule has 0 atom stereocenters. The molecule has 0 radical (unpaired) electrons. The lowest BCUT2D eigenvalue weighted by atomic mass is 10.1. The predicted octanol–water partition coefficient (Wildman–Crippen LogP) is 5.00. The van der Waals surface area contributed by atoms with Gasteiger partial charge in [-0.1, -0.05) is 48.0 Å². The fraction of sp³-hybridized carbons (Fsp3) is 0.111. The summed E-state index contributed by atoms with van der Waals surface area (Å²) in [6.45, 7) is 0.851. The van der Waals surface area contributed by atoms with Gasteiger partial charge in [0.25, 0.3) is 0 Å². The Morgan fingerprint density at radius 2 is 1.62 bits per heavy atom. The van der Waals surface area contributed by atoms with Crippen molar-refractivity contribution in [3.05, 3.63) is 71.2 Å². The summed E-state index contributed by atoms with van der Waals surface area (Å²) in [4.78, 5) is 0. The molecule has 0 bridgehead atoms. The van der Waals surface area contributed by atoms with Crippen molar-refractivity contribution >= 4 is 22.4 Å². The van der Waals surface area contributed by atoms with Crippen molar-refractivity contribution in [1.82, 2.24) is 5.32 Å². The molecule has 0 amide bonds. The minimum Gasteiger partial charge on any atom is -0.457 e. The standard InChI is InChI=1S/C18H16ClNO/c1-20-12-13-6-8-14(9-7-13)21-18-11-10-17(19)15-4-2-3-5-16(15)18/h2-11,20H,12H2,1H3. The molecule has 0 aliphatic rings. The van der Waals surface area contributed by atoms with Crippen molar-refractivity contribution < 1.29 is 4.74 Å². The van der Waals surface area contributed by atoms with E-state index in [0.717, 1.165) is 33.8 Å². The van der Waals surface area contributed by atoms with E-state index in [0.29, 0.717) is 0 Å². The van der Waals surface area contributed by atoms with Crippen LogP contribution >= 0.6 is 11.6 Å². The molecule has 3 aromatic rings. The largest absolute Gasteiger partial charge is 0.457 e. The fourth-order valence-corrected chi connectivity index (χ4v) is 2.56. The Morgan fingerprint density at radius 1 is 0.905 bits per heavy atom. The summed E-state index contributed by atoms with van der Waals surface area (Å²) < 4.78 is 6.00. The van der Waals surface area contributed by atoms with Crippen LogP contribution in [0.25, 0.3) is 10.8 Å². The van der Waals surface area contributed by atoms with Crippen molar-refractivity contribution in [2.75, 3.05) is 7.05 Å². The van der Waals surface area contributed by atoms with Crippen molar-refractivity contribution in [2.45, 2.75) is 6.54 Å².